The van der Waals surface area contributed by atoms with Crippen LogP contribution in [0.15, 0.2) is 23.9 Å². The number of imide groups is 1. The lowest BCUT2D eigenvalue weighted by molar-refractivity contribution is -0.139. The third kappa shape index (κ3) is 3.78. The Bertz CT molecular complexity index is 760. The number of carbonyl (C=O) groups excluding carboxylic acids is 3. The Hall–Kier alpha value is -2.09. The number of ether oxygens (including phenoxy) is 1. The summed E-state index contributed by atoms with van der Waals surface area (Å²) >= 11 is 12.0. The van der Waals surface area contributed by atoms with Crippen molar-refractivity contribution in [2.24, 2.45) is 0 Å². The van der Waals surface area contributed by atoms with Crippen molar-refractivity contribution in [1.82, 2.24) is 15.1 Å². The molecule has 2 aliphatic rings. The summed E-state index contributed by atoms with van der Waals surface area (Å²) in [5, 5.41) is 3.08. The zero-order valence-corrected chi connectivity index (χ0v) is 14.6. The average Bonchev–Trinajstić information content (AvgIpc) is 2.87. The smallest absolute Gasteiger partial charge is 0.329 e. The molecule has 4 amide bonds. The maximum absolute atomic E-state index is 12.4. The van der Waals surface area contributed by atoms with Crippen molar-refractivity contribution in [2.75, 3.05) is 32.8 Å². The molecule has 2 aliphatic heterocycles. The van der Waals surface area contributed by atoms with Crippen molar-refractivity contribution in [1.29, 1.82) is 0 Å². The molecule has 0 spiro atoms. The van der Waals surface area contributed by atoms with Gasteiger partial charge in [-0.3, -0.25) is 9.59 Å². The highest BCUT2D eigenvalue weighted by atomic mass is 35.5. The van der Waals surface area contributed by atoms with Gasteiger partial charge in [0.05, 0.1) is 23.3 Å². The molecule has 132 valence electrons. The first-order valence-corrected chi connectivity index (χ1v) is 8.37. The predicted octanol–water partition coefficient (Wildman–Crippen LogP) is 1.74. The van der Waals surface area contributed by atoms with Crippen LogP contribution in [0.2, 0.25) is 10.0 Å². The first kappa shape index (κ1) is 17.7. The van der Waals surface area contributed by atoms with Gasteiger partial charge in [0.1, 0.15) is 12.2 Å². The highest BCUT2D eigenvalue weighted by molar-refractivity contribution is 6.43. The van der Waals surface area contributed by atoms with Crippen LogP contribution in [0.4, 0.5) is 4.79 Å². The van der Waals surface area contributed by atoms with E-state index in [1.165, 1.54) is 6.08 Å². The Morgan fingerprint density at radius 1 is 1.24 bits per heavy atom. The van der Waals surface area contributed by atoms with Gasteiger partial charge in [0.2, 0.25) is 5.91 Å². The Balaban J connectivity index is 1.74. The Labute approximate surface area is 154 Å². The number of hydrogen-bond acceptors (Lipinski definition) is 4. The van der Waals surface area contributed by atoms with Gasteiger partial charge in [-0.2, -0.15) is 0 Å². The highest BCUT2D eigenvalue weighted by Crippen LogP contribution is 2.27. The number of halogens is 2. The van der Waals surface area contributed by atoms with Gasteiger partial charge in [-0.1, -0.05) is 35.3 Å². The number of benzene rings is 1. The molecule has 3 rings (SSSR count). The largest absolute Gasteiger partial charge is 0.378 e. The summed E-state index contributed by atoms with van der Waals surface area (Å²) in [6, 6.07) is 4.33. The van der Waals surface area contributed by atoms with E-state index >= 15 is 0 Å². The van der Waals surface area contributed by atoms with Gasteiger partial charge in [-0.15, -0.1) is 0 Å². The Morgan fingerprint density at radius 3 is 2.68 bits per heavy atom. The van der Waals surface area contributed by atoms with Crippen molar-refractivity contribution in [2.45, 2.75) is 0 Å². The second-order valence-electron chi connectivity index (χ2n) is 5.52. The highest BCUT2D eigenvalue weighted by Gasteiger charge is 2.36. The minimum Gasteiger partial charge on any atom is -0.378 e. The van der Waals surface area contributed by atoms with Crippen LogP contribution in [0.5, 0.6) is 0 Å². The molecular weight excluding hydrogens is 369 g/mol. The summed E-state index contributed by atoms with van der Waals surface area (Å²) in [5.74, 6) is -0.878. The van der Waals surface area contributed by atoms with Crippen molar-refractivity contribution in [3.8, 4) is 0 Å². The fourth-order valence-corrected chi connectivity index (χ4v) is 2.91. The normalized spacial score (nSPS) is 19.5. The molecule has 0 saturated carbocycles. The molecule has 0 aromatic heterocycles. The monoisotopic (exact) mass is 383 g/mol. The van der Waals surface area contributed by atoms with E-state index in [9.17, 15) is 14.4 Å². The molecule has 2 fully saturated rings. The van der Waals surface area contributed by atoms with Crippen LogP contribution >= 0.6 is 23.2 Å². The summed E-state index contributed by atoms with van der Waals surface area (Å²) in [7, 11) is 0. The summed E-state index contributed by atoms with van der Waals surface area (Å²) in [6.07, 6.45) is 1.44. The van der Waals surface area contributed by atoms with Crippen molar-refractivity contribution in [3.63, 3.8) is 0 Å². The molecule has 1 aromatic rings. The second kappa shape index (κ2) is 7.43. The predicted molar refractivity (Wildman–Crippen MR) is 92.1 cm³/mol. The van der Waals surface area contributed by atoms with Gasteiger partial charge >= 0.3 is 6.03 Å². The second-order valence-corrected chi connectivity index (χ2v) is 6.30. The fourth-order valence-electron chi connectivity index (χ4n) is 2.55. The van der Waals surface area contributed by atoms with Crippen LogP contribution in [-0.4, -0.2) is 60.5 Å². The minimum atomic E-state index is -0.643. The van der Waals surface area contributed by atoms with E-state index < -0.39 is 11.9 Å². The summed E-state index contributed by atoms with van der Waals surface area (Å²) in [4.78, 5) is 39.2. The topological polar surface area (TPSA) is 79.0 Å². The van der Waals surface area contributed by atoms with Crippen LogP contribution in [0.25, 0.3) is 6.08 Å². The standard InChI is InChI=1S/C16H15Cl2N3O4/c17-11-3-1-2-10(14(11)18)8-12-15(23)21(16(24)19-12)9-13(22)20-4-6-25-7-5-20/h1-3,8H,4-7,9H2,(H,19,24)/b12-8-. The zero-order chi connectivity index (χ0) is 18.0. The van der Waals surface area contributed by atoms with E-state index in [-0.39, 0.29) is 23.2 Å². The molecule has 0 atom stereocenters. The minimum absolute atomic E-state index is 0.0453. The van der Waals surface area contributed by atoms with E-state index in [2.05, 4.69) is 5.32 Å². The lowest BCUT2D eigenvalue weighted by Crippen LogP contribution is -2.47. The Morgan fingerprint density at radius 2 is 1.96 bits per heavy atom. The van der Waals surface area contributed by atoms with E-state index in [4.69, 9.17) is 27.9 Å². The SMILES string of the molecule is O=C(CN1C(=O)N/C(=C\c2cccc(Cl)c2Cl)C1=O)N1CCOCC1. The quantitative estimate of drug-likeness (QED) is 0.636. The van der Waals surface area contributed by atoms with Gasteiger partial charge in [-0.25, -0.2) is 9.69 Å². The molecule has 25 heavy (non-hydrogen) atoms. The first-order valence-electron chi connectivity index (χ1n) is 7.61. The maximum Gasteiger partial charge on any atom is 0.329 e. The number of amides is 4. The molecule has 1 N–H and O–H groups in total. The van der Waals surface area contributed by atoms with E-state index in [0.717, 1.165) is 4.90 Å². The Kier molecular flexibility index (Phi) is 5.27. The van der Waals surface area contributed by atoms with Crippen LogP contribution in [0, 0.1) is 0 Å². The molecule has 2 saturated heterocycles. The number of nitrogens with one attached hydrogen (secondary N) is 1. The molecule has 7 nitrogen and oxygen atoms in total. The number of carbonyl (C=O) groups is 3. The van der Waals surface area contributed by atoms with Gasteiger partial charge in [0.25, 0.3) is 5.91 Å². The van der Waals surface area contributed by atoms with Crippen LogP contribution in [-0.2, 0) is 14.3 Å². The molecule has 0 unspecified atom stereocenters. The van der Waals surface area contributed by atoms with E-state index in [0.29, 0.717) is 36.9 Å². The summed E-state index contributed by atoms with van der Waals surface area (Å²) in [5.41, 5.74) is 0.545. The molecule has 9 heteroatoms. The third-order valence-corrected chi connectivity index (χ3v) is 4.73. The molecule has 2 heterocycles. The number of morpholine rings is 1. The lowest BCUT2D eigenvalue weighted by Gasteiger charge is -2.27. The van der Waals surface area contributed by atoms with Crippen molar-refractivity contribution < 1.29 is 19.1 Å². The number of hydrogen-bond donors (Lipinski definition) is 1. The maximum atomic E-state index is 12.4. The third-order valence-electron chi connectivity index (χ3n) is 3.90. The summed E-state index contributed by atoms with van der Waals surface area (Å²) in [6.45, 7) is 1.48. The molecule has 0 radical (unpaired) electrons. The summed E-state index contributed by atoms with van der Waals surface area (Å²) < 4.78 is 5.18. The van der Waals surface area contributed by atoms with Crippen molar-refractivity contribution in [3.05, 3.63) is 39.5 Å². The fraction of sp³-hybridized carbons (Fsp3) is 0.312. The van der Waals surface area contributed by atoms with Crippen molar-refractivity contribution >= 4 is 47.1 Å². The average molecular weight is 384 g/mol. The van der Waals surface area contributed by atoms with Gasteiger partial charge in [-0.05, 0) is 17.7 Å². The molecule has 1 aromatic carbocycles. The molecule has 0 bridgehead atoms. The number of rotatable bonds is 3. The number of urea groups is 1. The van der Waals surface area contributed by atoms with Crippen LogP contribution in [0.1, 0.15) is 5.56 Å². The first-order chi connectivity index (χ1) is 12.0. The van der Waals surface area contributed by atoms with Gasteiger partial charge in [0.15, 0.2) is 0 Å². The van der Waals surface area contributed by atoms with Crippen LogP contribution < -0.4 is 5.32 Å². The van der Waals surface area contributed by atoms with Crippen LogP contribution in [0.3, 0.4) is 0 Å². The van der Waals surface area contributed by atoms with Gasteiger partial charge < -0.3 is 15.0 Å². The molecule has 0 aliphatic carbocycles. The lowest BCUT2D eigenvalue weighted by atomic mass is 10.2. The van der Waals surface area contributed by atoms with E-state index in [1.807, 2.05) is 0 Å². The zero-order valence-electron chi connectivity index (χ0n) is 13.1. The number of nitrogens with zero attached hydrogens (tertiary/aromatic N) is 2. The van der Waals surface area contributed by atoms with E-state index in [1.54, 1.807) is 23.1 Å². The van der Waals surface area contributed by atoms with Gasteiger partial charge in [0, 0.05) is 13.1 Å². The molecular formula is C16H15Cl2N3O4.